The minimum absolute atomic E-state index is 0.0971. The van der Waals surface area contributed by atoms with Crippen LogP contribution in [0.5, 0.6) is 11.5 Å². The summed E-state index contributed by atoms with van der Waals surface area (Å²) >= 11 is 0. The third-order valence-electron chi connectivity index (χ3n) is 5.52. The Hall–Kier alpha value is -2.11. The number of benzene rings is 2. The molecule has 2 aromatic rings. The average Bonchev–Trinajstić information content (AvgIpc) is 2.69. The van der Waals surface area contributed by atoms with Gasteiger partial charge in [0.05, 0.1) is 7.11 Å². The van der Waals surface area contributed by atoms with Crippen LogP contribution in [-0.4, -0.2) is 55.2 Å². The third kappa shape index (κ3) is 5.69. The molecule has 0 amide bonds. The van der Waals surface area contributed by atoms with Crippen LogP contribution in [0.25, 0.3) is 0 Å². The molecule has 1 saturated heterocycles. The van der Waals surface area contributed by atoms with Gasteiger partial charge < -0.3 is 19.6 Å². The van der Waals surface area contributed by atoms with Gasteiger partial charge in [0.1, 0.15) is 5.82 Å². The van der Waals surface area contributed by atoms with Crippen LogP contribution in [0.1, 0.15) is 24.0 Å². The van der Waals surface area contributed by atoms with Crippen LogP contribution in [0.4, 0.5) is 4.39 Å². The summed E-state index contributed by atoms with van der Waals surface area (Å²) in [5.74, 6) is 1.22. The summed E-state index contributed by atoms with van der Waals surface area (Å²) in [6.45, 7) is 4.93. The first-order valence-corrected chi connectivity index (χ1v) is 10.1. The normalized spacial score (nSPS) is 17.8. The molecule has 0 spiro atoms. The maximum Gasteiger partial charge on any atom is 0.160 e. The fourth-order valence-electron chi connectivity index (χ4n) is 4.12. The summed E-state index contributed by atoms with van der Waals surface area (Å²) in [6.07, 6.45) is 3.20. The minimum Gasteiger partial charge on any atom is -0.504 e. The van der Waals surface area contributed by atoms with Gasteiger partial charge in [-0.1, -0.05) is 24.3 Å². The van der Waals surface area contributed by atoms with E-state index in [2.05, 4.69) is 16.8 Å². The number of nitrogens with zero attached hydrogens (tertiary/aromatic N) is 2. The lowest BCUT2D eigenvalue weighted by atomic mass is 9.97. The molecule has 1 N–H and O–H groups in total. The van der Waals surface area contributed by atoms with Gasteiger partial charge in [0.15, 0.2) is 11.5 Å². The van der Waals surface area contributed by atoms with E-state index in [4.69, 9.17) is 4.74 Å². The van der Waals surface area contributed by atoms with Crippen LogP contribution in [0.2, 0.25) is 0 Å². The molecule has 5 heteroatoms. The van der Waals surface area contributed by atoms with Crippen molar-refractivity contribution in [3.8, 4) is 11.5 Å². The van der Waals surface area contributed by atoms with Gasteiger partial charge in [-0.2, -0.15) is 0 Å². The molecule has 0 unspecified atom stereocenters. The predicted molar refractivity (Wildman–Crippen MR) is 110 cm³/mol. The van der Waals surface area contributed by atoms with Gasteiger partial charge in [0.2, 0.25) is 0 Å². The van der Waals surface area contributed by atoms with Gasteiger partial charge in [-0.15, -0.1) is 0 Å². The van der Waals surface area contributed by atoms with E-state index in [1.54, 1.807) is 25.3 Å². The predicted octanol–water partition coefficient (Wildman–Crippen LogP) is 3.93. The number of hydrogen-bond acceptors (Lipinski definition) is 4. The van der Waals surface area contributed by atoms with Crippen molar-refractivity contribution in [2.24, 2.45) is 5.92 Å². The lowest BCUT2D eigenvalue weighted by Crippen LogP contribution is -2.40. The average molecular weight is 387 g/mol. The summed E-state index contributed by atoms with van der Waals surface area (Å²) in [7, 11) is 3.71. The van der Waals surface area contributed by atoms with Gasteiger partial charge in [-0.3, -0.25) is 0 Å². The van der Waals surface area contributed by atoms with Gasteiger partial charge >= 0.3 is 0 Å². The number of aromatic hydroxyl groups is 1. The number of hydrogen-bond donors (Lipinski definition) is 1. The van der Waals surface area contributed by atoms with Crippen LogP contribution >= 0.6 is 0 Å². The summed E-state index contributed by atoms with van der Waals surface area (Å²) in [5, 5.41) is 9.74. The van der Waals surface area contributed by atoms with Crippen molar-refractivity contribution in [3.05, 3.63) is 59.4 Å². The molecule has 1 atom stereocenters. The first-order chi connectivity index (χ1) is 13.5. The van der Waals surface area contributed by atoms with Crippen LogP contribution in [0.3, 0.4) is 0 Å². The van der Waals surface area contributed by atoms with Gasteiger partial charge in [-0.25, -0.2) is 4.39 Å². The summed E-state index contributed by atoms with van der Waals surface area (Å²) < 4.78 is 19.0. The first kappa shape index (κ1) is 20.6. The van der Waals surface area contributed by atoms with E-state index in [1.165, 1.54) is 12.8 Å². The van der Waals surface area contributed by atoms with E-state index in [9.17, 15) is 9.50 Å². The van der Waals surface area contributed by atoms with Gasteiger partial charge in [0, 0.05) is 26.2 Å². The number of phenolic OH excluding ortho intramolecular Hbond substituents is 1. The molecule has 2 aromatic carbocycles. The van der Waals surface area contributed by atoms with E-state index < -0.39 is 0 Å². The Balaban J connectivity index is 1.48. The van der Waals surface area contributed by atoms with E-state index >= 15 is 0 Å². The quantitative estimate of drug-likeness (QED) is 0.746. The third-order valence-corrected chi connectivity index (χ3v) is 5.52. The van der Waals surface area contributed by atoms with Crippen molar-refractivity contribution >= 4 is 0 Å². The number of likely N-dealkylation sites (tertiary alicyclic amines) is 1. The standard InChI is InChI=1S/C23H31FN2O2/c1-25(15-18-9-10-22(27)23(14-18)28-2)16-19-6-5-12-26(17-19)13-11-20-7-3-4-8-21(20)24/h3-4,7-10,14,19,27H,5-6,11-13,15-17H2,1-2H3/t19-/m1/s1. The summed E-state index contributed by atoms with van der Waals surface area (Å²) in [6, 6.07) is 12.6. The smallest absolute Gasteiger partial charge is 0.160 e. The van der Waals surface area contributed by atoms with Crippen LogP contribution in [0.15, 0.2) is 42.5 Å². The maximum absolute atomic E-state index is 13.8. The van der Waals surface area contributed by atoms with Crippen molar-refractivity contribution in [2.75, 3.05) is 40.3 Å². The highest BCUT2D eigenvalue weighted by Crippen LogP contribution is 2.27. The Bertz CT molecular complexity index is 768. The maximum atomic E-state index is 13.8. The highest BCUT2D eigenvalue weighted by molar-refractivity contribution is 5.41. The second-order valence-corrected chi connectivity index (χ2v) is 7.85. The Labute approximate surface area is 167 Å². The molecule has 0 aliphatic carbocycles. The molecule has 4 nitrogen and oxygen atoms in total. The van der Waals surface area contributed by atoms with E-state index in [0.29, 0.717) is 11.7 Å². The molecule has 0 saturated carbocycles. The number of piperidine rings is 1. The molecular weight excluding hydrogens is 355 g/mol. The van der Waals surface area contributed by atoms with Crippen LogP contribution in [-0.2, 0) is 13.0 Å². The molecule has 1 heterocycles. The zero-order chi connectivity index (χ0) is 19.9. The molecule has 0 bridgehead atoms. The Morgan fingerprint density at radius 3 is 2.86 bits per heavy atom. The SMILES string of the molecule is COc1cc(CN(C)C[C@H]2CCCN(CCc3ccccc3F)C2)ccc1O. The van der Waals surface area contributed by atoms with Crippen molar-refractivity contribution in [3.63, 3.8) is 0 Å². The largest absolute Gasteiger partial charge is 0.504 e. The second kappa shape index (κ2) is 9.89. The molecule has 3 rings (SSSR count). The van der Waals surface area contributed by atoms with E-state index in [-0.39, 0.29) is 11.6 Å². The molecule has 28 heavy (non-hydrogen) atoms. The zero-order valence-electron chi connectivity index (χ0n) is 16.9. The first-order valence-electron chi connectivity index (χ1n) is 10.1. The van der Waals surface area contributed by atoms with E-state index in [0.717, 1.165) is 50.3 Å². The summed E-state index contributed by atoms with van der Waals surface area (Å²) in [5.41, 5.74) is 1.94. The zero-order valence-corrected chi connectivity index (χ0v) is 16.9. The molecule has 1 aliphatic heterocycles. The topological polar surface area (TPSA) is 35.9 Å². The number of methoxy groups -OCH3 is 1. The minimum atomic E-state index is -0.0971. The molecule has 1 aliphatic rings. The lowest BCUT2D eigenvalue weighted by Gasteiger charge is -2.34. The van der Waals surface area contributed by atoms with Crippen LogP contribution in [0, 0.1) is 11.7 Å². The highest BCUT2D eigenvalue weighted by Gasteiger charge is 2.21. The van der Waals surface area contributed by atoms with Crippen molar-refractivity contribution in [2.45, 2.75) is 25.8 Å². The monoisotopic (exact) mass is 386 g/mol. The fraction of sp³-hybridized carbons (Fsp3) is 0.478. The van der Waals surface area contributed by atoms with Gasteiger partial charge in [-0.05, 0) is 68.1 Å². The number of halogens is 1. The van der Waals surface area contributed by atoms with Crippen molar-refractivity contribution in [1.82, 2.24) is 9.80 Å². The lowest BCUT2D eigenvalue weighted by molar-refractivity contribution is 0.142. The Kier molecular flexibility index (Phi) is 7.29. The fourth-order valence-corrected chi connectivity index (χ4v) is 4.12. The molecule has 0 aromatic heterocycles. The van der Waals surface area contributed by atoms with Gasteiger partial charge in [0.25, 0.3) is 0 Å². The molecular formula is C23H31FN2O2. The van der Waals surface area contributed by atoms with Crippen molar-refractivity contribution in [1.29, 1.82) is 0 Å². The molecule has 0 radical (unpaired) electrons. The highest BCUT2D eigenvalue weighted by atomic mass is 19.1. The number of phenols is 1. The molecule has 152 valence electrons. The Morgan fingerprint density at radius 1 is 1.25 bits per heavy atom. The molecule has 1 fully saturated rings. The second-order valence-electron chi connectivity index (χ2n) is 7.85. The van der Waals surface area contributed by atoms with Crippen LogP contribution < -0.4 is 4.74 Å². The number of rotatable bonds is 8. The Morgan fingerprint density at radius 2 is 2.07 bits per heavy atom. The number of ether oxygens (including phenoxy) is 1. The van der Waals surface area contributed by atoms with Crippen molar-refractivity contribution < 1.29 is 14.2 Å². The van der Waals surface area contributed by atoms with E-state index in [1.807, 2.05) is 24.3 Å². The summed E-state index contributed by atoms with van der Waals surface area (Å²) in [4.78, 5) is 4.80.